The molecule has 0 saturated carbocycles. The van der Waals surface area contributed by atoms with Crippen molar-refractivity contribution in [3.05, 3.63) is 47.4 Å². The molecule has 124 valence electrons. The average molecular weight is 323 g/mol. The van der Waals surface area contributed by atoms with E-state index in [1.54, 1.807) is 11.9 Å². The molecule has 6 nitrogen and oxygen atoms in total. The summed E-state index contributed by atoms with van der Waals surface area (Å²) in [6, 6.07) is 10.1. The van der Waals surface area contributed by atoms with Crippen molar-refractivity contribution in [3.8, 4) is 0 Å². The fourth-order valence-corrected chi connectivity index (χ4v) is 3.41. The average Bonchev–Trinajstić information content (AvgIpc) is 3.04. The topological polar surface area (TPSA) is 53.7 Å². The molecule has 2 aromatic rings. The van der Waals surface area contributed by atoms with Crippen LogP contribution >= 0.6 is 0 Å². The second-order valence-corrected chi connectivity index (χ2v) is 7.08. The lowest BCUT2D eigenvalue weighted by Crippen LogP contribution is -2.49. The number of nitrogens with zero attached hydrogens (tertiary/aromatic N) is 5. The first-order valence-corrected chi connectivity index (χ1v) is 8.14. The highest BCUT2D eigenvalue weighted by Gasteiger charge is 2.44. The predicted octanol–water partition coefficient (Wildman–Crippen LogP) is 2.28. The summed E-state index contributed by atoms with van der Waals surface area (Å²) in [4.78, 5) is 26.0. The highest BCUT2D eigenvalue weighted by Crippen LogP contribution is 2.34. The fraction of sp³-hybridized carbons (Fsp3) is 0.389. The smallest absolute Gasteiger partial charge is 0.280 e. The van der Waals surface area contributed by atoms with E-state index in [0.29, 0.717) is 18.2 Å². The molecule has 0 unspecified atom stereocenters. The number of imidazole rings is 1. The molecule has 0 spiro atoms. The number of guanidine groups is 1. The SMILES string of the molecule is Cc1nc2c(n1Cc1ccccc1)C(=O)N(C)C1=NC(C)(C)CN12. The number of hydrogen-bond donors (Lipinski definition) is 0. The molecule has 2 aliphatic rings. The molecule has 1 amide bonds. The number of carbonyl (C=O) groups excluding carboxylic acids is 1. The minimum absolute atomic E-state index is 0.0470. The lowest BCUT2D eigenvalue weighted by Gasteiger charge is -2.31. The van der Waals surface area contributed by atoms with Crippen LogP contribution in [0.4, 0.5) is 5.82 Å². The highest BCUT2D eigenvalue weighted by molar-refractivity contribution is 6.18. The Morgan fingerprint density at radius 1 is 1.21 bits per heavy atom. The van der Waals surface area contributed by atoms with Crippen molar-refractivity contribution in [2.24, 2.45) is 4.99 Å². The number of aryl methyl sites for hydroxylation is 1. The van der Waals surface area contributed by atoms with Crippen molar-refractivity contribution < 1.29 is 4.79 Å². The van der Waals surface area contributed by atoms with E-state index in [4.69, 9.17) is 9.98 Å². The van der Waals surface area contributed by atoms with Gasteiger partial charge >= 0.3 is 0 Å². The van der Waals surface area contributed by atoms with Crippen LogP contribution in [-0.4, -0.2) is 45.4 Å². The zero-order chi connectivity index (χ0) is 17.1. The molecule has 1 aromatic carbocycles. The van der Waals surface area contributed by atoms with Gasteiger partial charge in [-0.1, -0.05) is 30.3 Å². The van der Waals surface area contributed by atoms with E-state index in [1.807, 2.05) is 29.7 Å². The Kier molecular flexibility index (Phi) is 3.07. The van der Waals surface area contributed by atoms with Gasteiger partial charge in [0.2, 0.25) is 5.96 Å². The lowest BCUT2D eigenvalue weighted by molar-refractivity contribution is 0.0855. The Labute approximate surface area is 141 Å². The molecule has 0 fully saturated rings. The molecule has 0 aliphatic carbocycles. The molecular weight excluding hydrogens is 302 g/mol. The van der Waals surface area contributed by atoms with E-state index >= 15 is 0 Å². The van der Waals surface area contributed by atoms with Crippen LogP contribution in [0.3, 0.4) is 0 Å². The first-order valence-electron chi connectivity index (χ1n) is 8.14. The van der Waals surface area contributed by atoms with Gasteiger partial charge in [0, 0.05) is 13.6 Å². The summed E-state index contributed by atoms with van der Waals surface area (Å²) in [5.74, 6) is 2.23. The zero-order valence-corrected chi connectivity index (χ0v) is 14.4. The minimum atomic E-state index is -0.220. The molecule has 0 saturated heterocycles. The first kappa shape index (κ1) is 14.9. The Morgan fingerprint density at radius 2 is 1.92 bits per heavy atom. The highest BCUT2D eigenvalue weighted by atomic mass is 16.2. The first-order chi connectivity index (χ1) is 11.4. The maximum atomic E-state index is 13.0. The molecular formula is C18H21N5O. The van der Waals surface area contributed by atoms with Gasteiger partial charge in [-0.2, -0.15) is 0 Å². The number of anilines is 1. The number of aromatic nitrogens is 2. The van der Waals surface area contributed by atoms with E-state index in [0.717, 1.165) is 23.8 Å². The monoisotopic (exact) mass is 323 g/mol. The molecule has 3 heterocycles. The maximum Gasteiger partial charge on any atom is 0.280 e. The van der Waals surface area contributed by atoms with Gasteiger partial charge in [-0.25, -0.2) is 9.98 Å². The van der Waals surface area contributed by atoms with Crippen molar-refractivity contribution in [1.82, 2.24) is 14.5 Å². The van der Waals surface area contributed by atoms with Crippen molar-refractivity contribution in [1.29, 1.82) is 0 Å². The van der Waals surface area contributed by atoms with Crippen LogP contribution in [0.15, 0.2) is 35.3 Å². The van der Waals surface area contributed by atoms with Gasteiger partial charge in [-0.3, -0.25) is 14.6 Å². The Balaban J connectivity index is 1.82. The van der Waals surface area contributed by atoms with Gasteiger partial charge in [-0.05, 0) is 26.3 Å². The van der Waals surface area contributed by atoms with Crippen LogP contribution in [0, 0.1) is 6.92 Å². The predicted molar refractivity (Wildman–Crippen MR) is 93.5 cm³/mol. The Hall–Kier alpha value is -2.63. The van der Waals surface area contributed by atoms with Crippen molar-refractivity contribution >= 4 is 17.7 Å². The van der Waals surface area contributed by atoms with E-state index in [9.17, 15) is 4.79 Å². The molecule has 6 heteroatoms. The van der Waals surface area contributed by atoms with Crippen LogP contribution in [-0.2, 0) is 6.54 Å². The van der Waals surface area contributed by atoms with Gasteiger partial charge in [0.05, 0.1) is 12.1 Å². The van der Waals surface area contributed by atoms with Gasteiger partial charge in [0.25, 0.3) is 5.91 Å². The summed E-state index contributed by atoms with van der Waals surface area (Å²) in [5, 5.41) is 0. The number of hydrogen-bond acceptors (Lipinski definition) is 4. The van der Waals surface area contributed by atoms with Crippen LogP contribution in [0.5, 0.6) is 0 Å². The summed E-state index contributed by atoms with van der Waals surface area (Å²) in [6.45, 7) is 7.47. The molecule has 0 N–H and O–H groups in total. The standard InChI is InChI=1S/C18H21N5O/c1-12-19-15-14(22(12)10-13-8-6-5-7-9-13)16(24)21(4)17-20-18(2,3)11-23(15)17/h5-9H,10-11H2,1-4H3. The van der Waals surface area contributed by atoms with E-state index in [1.165, 1.54) is 0 Å². The van der Waals surface area contributed by atoms with Crippen molar-refractivity contribution in [3.63, 3.8) is 0 Å². The minimum Gasteiger partial charge on any atom is -0.318 e. The zero-order valence-electron chi connectivity index (χ0n) is 14.4. The summed E-state index contributed by atoms with van der Waals surface area (Å²) in [6.07, 6.45) is 0. The summed E-state index contributed by atoms with van der Waals surface area (Å²) in [7, 11) is 1.79. The quantitative estimate of drug-likeness (QED) is 0.852. The number of carbonyl (C=O) groups is 1. The third kappa shape index (κ3) is 2.13. The van der Waals surface area contributed by atoms with E-state index in [-0.39, 0.29) is 11.4 Å². The summed E-state index contributed by atoms with van der Waals surface area (Å²) >= 11 is 0. The number of benzene rings is 1. The van der Waals surface area contributed by atoms with Crippen LogP contribution in [0.25, 0.3) is 0 Å². The maximum absolute atomic E-state index is 13.0. The van der Waals surface area contributed by atoms with Crippen LogP contribution in [0.1, 0.15) is 35.7 Å². The molecule has 4 rings (SSSR count). The summed E-state index contributed by atoms with van der Waals surface area (Å²) < 4.78 is 2.01. The lowest BCUT2D eigenvalue weighted by atomic mass is 10.1. The van der Waals surface area contributed by atoms with Crippen LogP contribution in [0.2, 0.25) is 0 Å². The number of fused-ring (bicyclic) bond motifs is 3. The third-order valence-electron chi connectivity index (χ3n) is 4.58. The van der Waals surface area contributed by atoms with Gasteiger partial charge in [0.15, 0.2) is 11.5 Å². The van der Waals surface area contributed by atoms with Gasteiger partial charge in [0.1, 0.15) is 5.82 Å². The Morgan fingerprint density at radius 3 is 2.62 bits per heavy atom. The molecule has 0 bridgehead atoms. The van der Waals surface area contributed by atoms with Crippen molar-refractivity contribution in [2.75, 3.05) is 18.5 Å². The van der Waals surface area contributed by atoms with Crippen LogP contribution < -0.4 is 4.90 Å². The van der Waals surface area contributed by atoms with Crippen molar-refractivity contribution in [2.45, 2.75) is 32.9 Å². The van der Waals surface area contributed by atoms with E-state index < -0.39 is 0 Å². The van der Waals surface area contributed by atoms with Gasteiger partial charge in [-0.15, -0.1) is 0 Å². The summed E-state index contributed by atoms with van der Waals surface area (Å²) in [5.41, 5.74) is 1.58. The Bertz CT molecular complexity index is 850. The van der Waals surface area contributed by atoms with Gasteiger partial charge < -0.3 is 4.57 Å². The largest absolute Gasteiger partial charge is 0.318 e. The molecule has 0 atom stereocenters. The fourth-order valence-electron chi connectivity index (χ4n) is 3.41. The molecule has 2 aliphatic heterocycles. The second-order valence-electron chi connectivity index (χ2n) is 7.08. The molecule has 0 radical (unpaired) electrons. The number of aliphatic imine (C=N–C) groups is 1. The third-order valence-corrected chi connectivity index (χ3v) is 4.58. The number of amides is 1. The second kappa shape index (κ2) is 4.93. The molecule has 1 aromatic heterocycles. The normalized spacial score (nSPS) is 18.5. The molecule has 24 heavy (non-hydrogen) atoms. The van der Waals surface area contributed by atoms with E-state index in [2.05, 4.69) is 30.9 Å². The number of rotatable bonds is 2.